The molecule has 1 aliphatic rings. The van der Waals surface area contributed by atoms with E-state index in [1.807, 2.05) is 0 Å². The number of ether oxygens (including phenoxy) is 1. The van der Waals surface area contributed by atoms with Crippen LogP contribution in [0.1, 0.15) is 6.23 Å². The van der Waals surface area contributed by atoms with Gasteiger partial charge in [-0.25, -0.2) is 18.5 Å². The molecule has 6 atom stereocenters. The zero-order valence-corrected chi connectivity index (χ0v) is 17.3. The Hall–Kier alpha value is -1.57. The van der Waals surface area contributed by atoms with Gasteiger partial charge in [0.1, 0.15) is 18.1 Å². The van der Waals surface area contributed by atoms with Crippen molar-refractivity contribution in [3.8, 4) is 6.07 Å². The monoisotopic (exact) mass is 511 g/mol. The number of hydrogen-bond donors (Lipinski definition) is 6. The number of H-pyrrole nitrogens is 1. The predicted molar refractivity (Wildman–Crippen MR) is 90.1 cm³/mol. The summed E-state index contributed by atoms with van der Waals surface area (Å²) < 4.78 is 63.9. The number of rotatable bonds is 8. The molecule has 0 saturated carbocycles. The summed E-state index contributed by atoms with van der Waals surface area (Å²) in [6.07, 6.45) is -4.77. The molecule has 0 amide bonds. The molecule has 0 spiro atoms. The van der Waals surface area contributed by atoms with Crippen molar-refractivity contribution in [2.45, 2.75) is 18.4 Å². The van der Waals surface area contributed by atoms with Crippen molar-refractivity contribution in [1.29, 1.82) is 5.26 Å². The Morgan fingerprint density at radius 2 is 1.81 bits per heavy atom. The lowest BCUT2D eigenvalue weighted by molar-refractivity contribution is -0.0464. The third-order valence-corrected chi connectivity index (χ3v) is 7.34. The Balaban J connectivity index is 2.15. The van der Waals surface area contributed by atoms with Crippen molar-refractivity contribution in [2.75, 3.05) is 6.61 Å². The van der Waals surface area contributed by atoms with Gasteiger partial charge in [0.25, 0.3) is 5.56 Å². The highest BCUT2D eigenvalue weighted by atomic mass is 31.3. The van der Waals surface area contributed by atoms with Crippen LogP contribution >= 0.6 is 23.5 Å². The second kappa shape index (κ2) is 9.12. The molecular formula is C10H13FN3O14P3. The molecule has 2 heterocycles. The molecule has 31 heavy (non-hydrogen) atoms. The number of hydrogen-bond acceptors (Lipinski definition) is 11. The van der Waals surface area contributed by atoms with Gasteiger partial charge >= 0.3 is 29.2 Å². The smallest absolute Gasteiger partial charge is 0.389 e. The van der Waals surface area contributed by atoms with Gasteiger partial charge in [-0.05, 0) is 0 Å². The van der Waals surface area contributed by atoms with E-state index in [0.717, 1.165) is 0 Å². The summed E-state index contributed by atoms with van der Waals surface area (Å²) in [5.74, 6) is -3.00. The van der Waals surface area contributed by atoms with Crippen molar-refractivity contribution in [1.82, 2.24) is 9.55 Å². The molecule has 2 rings (SSSR count). The van der Waals surface area contributed by atoms with Gasteiger partial charge in [-0.15, -0.1) is 0 Å². The molecule has 0 aliphatic carbocycles. The Bertz CT molecular complexity index is 1140. The fourth-order valence-corrected chi connectivity index (χ4v) is 5.41. The number of nitrogens with one attached hydrogen (secondary N) is 1. The maximum atomic E-state index is 13.5. The second-order valence-corrected chi connectivity index (χ2v) is 10.2. The zero-order valence-electron chi connectivity index (χ0n) is 14.6. The zero-order chi connectivity index (χ0) is 23.8. The standard InChI is InChI=1S/C10H13FN3O14P3/c11-5-2-14(10(17)13-8(5)16)9-4(1-12)7(15)6(26-9)3-25-30(21,22)28-31(23,24)27-29(18,19)20/h2,4,6-7,9,15H,3H2,(H,21,22)(H,23,24)(H,13,16,17)(H2,18,19,20)/t4-,6-,7+,9-/m1/s1. The van der Waals surface area contributed by atoms with Gasteiger partial charge < -0.3 is 29.4 Å². The van der Waals surface area contributed by atoms with Crippen molar-refractivity contribution >= 4 is 23.5 Å². The van der Waals surface area contributed by atoms with E-state index in [1.54, 1.807) is 11.1 Å². The van der Waals surface area contributed by atoms with Gasteiger partial charge in [0.15, 0.2) is 6.23 Å². The minimum atomic E-state index is -5.78. The van der Waals surface area contributed by atoms with Gasteiger partial charge in [0, 0.05) is 0 Å². The van der Waals surface area contributed by atoms with Crippen LogP contribution in [0.3, 0.4) is 0 Å². The minimum absolute atomic E-state index is 0.396. The lowest BCUT2D eigenvalue weighted by atomic mass is 10.0. The summed E-state index contributed by atoms with van der Waals surface area (Å²) in [5.41, 5.74) is -2.57. The number of phosphoric ester groups is 1. The van der Waals surface area contributed by atoms with Crippen LogP contribution in [-0.4, -0.2) is 53.0 Å². The Morgan fingerprint density at radius 3 is 2.35 bits per heavy atom. The normalized spacial score (nSPS) is 27.9. The van der Waals surface area contributed by atoms with Crippen LogP contribution in [0.15, 0.2) is 15.8 Å². The van der Waals surface area contributed by atoms with E-state index < -0.39 is 71.5 Å². The maximum absolute atomic E-state index is 13.5. The first-order valence-corrected chi connectivity index (χ1v) is 12.1. The van der Waals surface area contributed by atoms with E-state index in [2.05, 4.69) is 13.1 Å². The first kappa shape index (κ1) is 25.7. The summed E-state index contributed by atoms with van der Waals surface area (Å²) in [6, 6.07) is 1.56. The van der Waals surface area contributed by atoms with Crippen molar-refractivity contribution < 1.29 is 60.6 Å². The second-order valence-electron chi connectivity index (χ2n) is 5.74. The van der Waals surface area contributed by atoms with Crippen molar-refractivity contribution in [3.05, 3.63) is 32.9 Å². The van der Waals surface area contributed by atoms with Gasteiger partial charge in [-0.3, -0.25) is 18.9 Å². The predicted octanol–water partition coefficient (Wildman–Crippen LogP) is -1.58. The lowest BCUT2D eigenvalue weighted by Crippen LogP contribution is -2.36. The fourth-order valence-electron chi connectivity index (χ4n) is 2.38. The van der Waals surface area contributed by atoms with Crippen LogP contribution in [0.5, 0.6) is 0 Å². The van der Waals surface area contributed by atoms with E-state index in [-0.39, 0.29) is 0 Å². The van der Waals surface area contributed by atoms with Crippen LogP contribution in [0.25, 0.3) is 0 Å². The molecule has 17 nitrogen and oxygen atoms in total. The molecule has 1 aromatic heterocycles. The van der Waals surface area contributed by atoms with Gasteiger partial charge in [0.05, 0.1) is 18.9 Å². The van der Waals surface area contributed by atoms with E-state index in [0.29, 0.717) is 10.8 Å². The van der Waals surface area contributed by atoms with Gasteiger partial charge in [-0.2, -0.15) is 18.3 Å². The van der Waals surface area contributed by atoms with E-state index >= 15 is 0 Å². The highest BCUT2D eigenvalue weighted by Crippen LogP contribution is 2.66. The van der Waals surface area contributed by atoms with Crippen LogP contribution < -0.4 is 11.2 Å². The Morgan fingerprint density at radius 1 is 1.19 bits per heavy atom. The summed E-state index contributed by atoms with van der Waals surface area (Å²) in [7, 11) is -16.9. The molecule has 174 valence electrons. The minimum Gasteiger partial charge on any atom is -0.389 e. The number of aliphatic hydroxyl groups is 1. The molecule has 21 heteroatoms. The summed E-state index contributed by atoms with van der Waals surface area (Å²) in [5, 5.41) is 19.3. The Kier molecular flexibility index (Phi) is 7.56. The highest BCUT2D eigenvalue weighted by Gasteiger charge is 2.47. The Labute approximate surface area is 169 Å². The first-order valence-electron chi connectivity index (χ1n) is 7.58. The van der Waals surface area contributed by atoms with Gasteiger partial charge in [0.2, 0.25) is 5.82 Å². The highest BCUT2D eigenvalue weighted by molar-refractivity contribution is 7.66. The third kappa shape index (κ3) is 6.70. The lowest BCUT2D eigenvalue weighted by Gasteiger charge is -2.19. The number of halogens is 1. The number of nitrogens with zero attached hydrogens (tertiary/aromatic N) is 2. The molecule has 0 bridgehead atoms. The van der Waals surface area contributed by atoms with Crippen molar-refractivity contribution in [2.24, 2.45) is 5.92 Å². The number of phosphoric acid groups is 3. The average molecular weight is 511 g/mol. The van der Waals surface area contributed by atoms with Gasteiger partial charge in [-0.1, -0.05) is 0 Å². The number of aromatic nitrogens is 2. The third-order valence-electron chi connectivity index (χ3n) is 3.54. The SMILES string of the molecule is N#C[C@@H]1[C@H](O)[C@@H](COP(=O)(O)OP(=O)(O)OP(=O)(O)O)O[C@H]1n1cc(F)c(=O)[nH]c1=O. The summed E-state index contributed by atoms with van der Waals surface area (Å²) in [6.45, 7) is -1.12. The molecule has 1 saturated heterocycles. The molecule has 0 aromatic carbocycles. The molecule has 6 N–H and O–H groups in total. The van der Waals surface area contributed by atoms with E-state index in [1.165, 1.54) is 0 Å². The molecule has 1 fully saturated rings. The largest absolute Gasteiger partial charge is 0.490 e. The molecular weight excluding hydrogens is 498 g/mol. The molecule has 2 unspecified atom stereocenters. The van der Waals surface area contributed by atoms with Crippen molar-refractivity contribution in [3.63, 3.8) is 0 Å². The number of aromatic amines is 1. The topological polar surface area (TPSA) is 268 Å². The van der Waals surface area contributed by atoms with Crippen LogP contribution in [0, 0.1) is 23.1 Å². The number of nitriles is 1. The molecule has 1 aliphatic heterocycles. The van der Waals surface area contributed by atoms with E-state index in [4.69, 9.17) is 19.4 Å². The molecule has 0 radical (unpaired) electrons. The summed E-state index contributed by atoms with van der Waals surface area (Å²) in [4.78, 5) is 59.9. The first-order chi connectivity index (χ1) is 14.1. The van der Waals surface area contributed by atoms with Crippen LogP contribution in [-0.2, 0) is 31.6 Å². The quantitative estimate of drug-likeness (QED) is 0.215. The maximum Gasteiger partial charge on any atom is 0.490 e. The summed E-state index contributed by atoms with van der Waals surface area (Å²) >= 11 is 0. The average Bonchev–Trinajstić information content (AvgIpc) is 2.88. The van der Waals surface area contributed by atoms with Crippen LogP contribution in [0.2, 0.25) is 0 Å². The van der Waals surface area contributed by atoms with Crippen LogP contribution in [0.4, 0.5) is 4.39 Å². The fraction of sp³-hybridized carbons (Fsp3) is 0.500. The van der Waals surface area contributed by atoms with E-state index in [9.17, 15) is 42.9 Å². The number of aliphatic hydroxyl groups excluding tert-OH is 1. The molecule has 1 aromatic rings.